The molecule has 0 bridgehead atoms. The SMILES string of the molecule is CCC1(C(=O)NS(=O)(=O)c2cccc3ccccc23)COc2c(Cl)cccc21. The molecule has 0 aromatic heterocycles. The van der Waals surface area contributed by atoms with Crippen LogP contribution >= 0.6 is 11.6 Å². The molecular formula is C21H18ClNO4S. The van der Waals surface area contributed by atoms with E-state index in [2.05, 4.69) is 4.72 Å². The van der Waals surface area contributed by atoms with Crippen LogP contribution in [0, 0.1) is 0 Å². The molecule has 0 fully saturated rings. The second-order valence-electron chi connectivity index (χ2n) is 6.75. The first kappa shape index (κ1) is 18.8. The Bertz CT molecular complexity index is 1190. The number of fused-ring (bicyclic) bond motifs is 2. The number of halogens is 1. The Kier molecular flexibility index (Phi) is 4.56. The number of hydrogen-bond acceptors (Lipinski definition) is 4. The Morgan fingerprint density at radius 1 is 1.11 bits per heavy atom. The summed E-state index contributed by atoms with van der Waals surface area (Å²) in [6.07, 6.45) is 0.372. The second-order valence-corrected chi connectivity index (χ2v) is 8.81. The molecule has 1 heterocycles. The van der Waals surface area contributed by atoms with E-state index in [-0.39, 0.29) is 11.5 Å². The molecule has 1 aliphatic rings. The van der Waals surface area contributed by atoms with E-state index in [9.17, 15) is 13.2 Å². The average Bonchev–Trinajstić information content (AvgIpc) is 3.08. The standard InChI is InChI=1S/C21H18ClNO4S/c1-2-21(13-27-19-16(21)10-6-11-17(19)22)20(24)23-28(25,26)18-12-5-8-14-7-3-4-9-15(14)18/h3-12H,2,13H2,1H3,(H,23,24). The summed E-state index contributed by atoms with van der Waals surface area (Å²) in [5.74, 6) is -0.187. The highest BCUT2D eigenvalue weighted by molar-refractivity contribution is 7.90. The van der Waals surface area contributed by atoms with Gasteiger partial charge in [0.05, 0.1) is 9.92 Å². The van der Waals surface area contributed by atoms with Crippen LogP contribution in [0.15, 0.2) is 65.6 Å². The van der Waals surface area contributed by atoms with Crippen LogP contribution in [0.25, 0.3) is 10.8 Å². The summed E-state index contributed by atoms with van der Waals surface area (Å²) >= 11 is 6.18. The number of carbonyl (C=O) groups is 1. The zero-order chi connectivity index (χ0) is 19.9. The quantitative estimate of drug-likeness (QED) is 0.698. The third-order valence-electron chi connectivity index (χ3n) is 5.25. The van der Waals surface area contributed by atoms with E-state index >= 15 is 0 Å². The van der Waals surface area contributed by atoms with Crippen LogP contribution in [-0.4, -0.2) is 20.9 Å². The molecule has 0 saturated heterocycles. The summed E-state index contributed by atoms with van der Waals surface area (Å²) in [7, 11) is -4.07. The van der Waals surface area contributed by atoms with Gasteiger partial charge in [-0.05, 0) is 23.9 Å². The van der Waals surface area contributed by atoms with Crippen LogP contribution in [0.4, 0.5) is 0 Å². The predicted octanol–water partition coefficient (Wildman–Crippen LogP) is 4.04. The molecule has 144 valence electrons. The van der Waals surface area contributed by atoms with E-state index in [1.807, 2.05) is 25.1 Å². The minimum atomic E-state index is -4.07. The van der Waals surface area contributed by atoms with Crippen molar-refractivity contribution in [3.05, 3.63) is 71.2 Å². The maximum Gasteiger partial charge on any atom is 0.264 e. The summed E-state index contributed by atoms with van der Waals surface area (Å²) in [4.78, 5) is 13.2. The van der Waals surface area contributed by atoms with E-state index in [4.69, 9.17) is 16.3 Å². The van der Waals surface area contributed by atoms with Gasteiger partial charge >= 0.3 is 0 Å². The molecule has 1 aliphatic heterocycles. The van der Waals surface area contributed by atoms with Gasteiger partial charge in [0.1, 0.15) is 17.8 Å². The number of benzene rings is 3. The van der Waals surface area contributed by atoms with Gasteiger partial charge in [0.2, 0.25) is 5.91 Å². The highest BCUT2D eigenvalue weighted by Gasteiger charge is 2.48. The third-order valence-corrected chi connectivity index (χ3v) is 6.94. The van der Waals surface area contributed by atoms with Crippen LogP contribution in [0.5, 0.6) is 5.75 Å². The fourth-order valence-electron chi connectivity index (χ4n) is 3.65. The Morgan fingerprint density at radius 3 is 2.61 bits per heavy atom. The summed E-state index contributed by atoms with van der Waals surface area (Å²) in [6.45, 7) is 1.86. The van der Waals surface area contributed by atoms with Crippen LogP contribution in [0.2, 0.25) is 5.02 Å². The number of hydrogen-bond donors (Lipinski definition) is 1. The molecule has 1 atom stereocenters. The average molecular weight is 416 g/mol. The number of nitrogens with one attached hydrogen (secondary N) is 1. The largest absolute Gasteiger partial charge is 0.490 e. The van der Waals surface area contributed by atoms with Gasteiger partial charge in [-0.2, -0.15) is 0 Å². The monoisotopic (exact) mass is 415 g/mol. The van der Waals surface area contributed by atoms with Crippen molar-refractivity contribution in [1.29, 1.82) is 0 Å². The lowest BCUT2D eigenvalue weighted by atomic mass is 9.79. The first-order valence-corrected chi connectivity index (χ1v) is 10.7. The minimum absolute atomic E-state index is 0.0411. The van der Waals surface area contributed by atoms with Crippen molar-refractivity contribution in [2.45, 2.75) is 23.7 Å². The van der Waals surface area contributed by atoms with Crippen molar-refractivity contribution in [2.24, 2.45) is 0 Å². The highest BCUT2D eigenvalue weighted by Crippen LogP contribution is 2.45. The van der Waals surface area contributed by atoms with Crippen molar-refractivity contribution in [3.63, 3.8) is 0 Å². The fraction of sp³-hybridized carbons (Fsp3) is 0.190. The third kappa shape index (κ3) is 2.84. The molecule has 28 heavy (non-hydrogen) atoms. The van der Waals surface area contributed by atoms with E-state index in [0.717, 1.165) is 5.39 Å². The Hall–Kier alpha value is -2.57. The Labute approximate surface area is 168 Å². The van der Waals surface area contributed by atoms with Crippen molar-refractivity contribution < 1.29 is 17.9 Å². The lowest BCUT2D eigenvalue weighted by Crippen LogP contribution is -2.47. The Balaban J connectivity index is 1.75. The summed E-state index contributed by atoms with van der Waals surface area (Å²) in [6, 6.07) is 17.3. The van der Waals surface area contributed by atoms with Crippen LogP contribution in [0.1, 0.15) is 18.9 Å². The number of carbonyl (C=O) groups excluding carboxylic acids is 1. The van der Waals surface area contributed by atoms with Gasteiger partial charge in [0.15, 0.2) is 0 Å². The van der Waals surface area contributed by atoms with Crippen molar-refractivity contribution in [1.82, 2.24) is 4.72 Å². The molecule has 0 aliphatic carbocycles. The van der Waals surface area contributed by atoms with Gasteiger partial charge in [0, 0.05) is 10.9 Å². The zero-order valence-corrected chi connectivity index (χ0v) is 16.7. The topological polar surface area (TPSA) is 72.5 Å². The molecule has 3 aromatic rings. The second kappa shape index (κ2) is 6.79. The van der Waals surface area contributed by atoms with Crippen molar-refractivity contribution in [2.75, 3.05) is 6.61 Å². The number of sulfonamides is 1. The van der Waals surface area contributed by atoms with E-state index in [0.29, 0.717) is 28.1 Å². The van der Waals surface area contributed by atoms with Crippen LogP contribution in [-0.2, 0) is 20.2 Å². The lowest BCUT2D eigenvalue weighted by Gasteiger charge is -2.25. The number of amides is 1. The molecule has 4 rings (SSSR count). The molecule has 1 amide bonds. The normalized spacial score (nSPS) is 18.5. The highest BCUT2D eigenvalue weighted by atomic mass is 35.5. The van der Waals surface area contributed by atoms with Gasteiger partial charge < -0.3 is 4.74 Å². The maximum atomic E-state index is 13.2. The van der Waals surface area contributed by atoms with Gasteiger partial charge in [0.25, 0.3) is 10.0 Å². The van der Waals surface area contributed by atoms with Crippen molar-refractivity contribution >= 4 is 38.3 Å². The van der Waals surface area contributed by atoms with E-state index in [1.165, 1.54) is 6.07 Å². The van der Waals surface area contributed by atoms with Gasteiger partial charge in [-0.25, -0.2) is 13.1 Å². The molecule has 5 nitrogen and oxygen atoms in total. The molecule has 0 radical (unpaired) electrons. The Morgan fingerprint density at radius 2 is 1.82 bits per heavy atom. The molecular weight excluding hydrogens is 398 g/mol. The maximum absolute atomic E-state index is 13.2. The van der Waals surface area contributed by atoms with Gasteiger partial charge in [-0.1, -0.05) is 67.1 Å². The summed E-state index contributed by atoms with van der Waals surface area (Å²) in [5.41, 5.74) is -0.508. The predicted molar refractivity (Wildman–Crippen MR) is 108 cm³/mol. The first-order valence-electron chi connectivity index (χ1n) is 8.86. The molecule has 7 heteroatoms. The minimum Gasteiger partial charge on any atom is -0.490 e. The van der Waals surface area contributed by atoms with Crippen LogP contribution < -0.4 is 9.46 Å². The zero-order valence-electron chi connectivity index (χ0n) is 15.1. The smallest absolute Gasteiger partial charge is 0.264 e. The van der Waals surface area contributed by atoms with Crippen LogP contribution in [0.3, 0.4) is 0 Å². The van der Waals surface area contributed by atoms with Crippen molar-refractivity contribution in [3.8, 4) is 5.75 Å². The number of para-hydroxylation sites is 1. The summed E-state index contributed by atoms with van der Waals surface area (Å²) in [5, 5.41) is 1.74. The molecule has 3 aromatic carbocycles. The number of rotatable bonds is 4. The van der Waals surface area contributed by atoms with E-state index in [1.54, 1.807) is 36.4 Å². The molecule has 1 unspecified atom stereocenters. The molecule has 1 N–H and O–H groups in total. The molecule has 0 saturated carbocycles. The molecule has 0 spiro atoms. The number of ether oxygens (including phenoxy) is 1. The lowest BCUT2D eigenvalue weighted by molar-refractivity contribution is -0.125. The van der Waals surface area contributed by atoms with Gasteiger partial charge in [-0.3, -0.25) is 4.79 Å². The fourth-order valence-corrected chi connectivity index (χ4v) is 5.16. The van der Waals surface area contributed by atoms with Gasteiger partial charge in [-0.15, -0.1) is 0 Å². The summed E-state index contributed by atoms with van der Waals surface area (Å²) < 4.78 is 34.0. The van der Waals surface area contributed by atoms with E-state index < -0.39 is 21.3 Å². The first-order chi connectivity index (χ1) is 13.4.